The largest absolute Gasteiger partial charge is 0.322 e. The Hall–Kier alpha value is -1.24. The highest BCUT2D eigenvalue weighted by atomic mass is 35.5. The summed E-state index contributed by atoms with van der Waals surface area (Å²) in [5.41, 5.74) is 0.474. The first-order chi connectivity index (χ1) is 8.13. The van der Waals surface area contributed by atoms with Gasteiger partial charge in [-0.05, 0) is 31.0 Å². The van der Waals surface area contributed by atoms with Crippen molar-refractivity contribution in [1.29, 1.82) is 5.26 Å². The fourth-order valence-electron chi connectivity index (χ4n) is 1.62. The van der Waals surface area contributed by atoms with Gasteiger partial charge in [0.2, 0.25) is 0 Å². The molecule has 1 aromatic carbocycles. The second-order valence-electron chi connectivity index (χ2n) is 3.95. The van der Waals surface area contributed by atoms with Crippen LogP contribution in [0, 0.1) is 11.3 Å². The summed E-state index contributed by atoms with van der Waals surface area (Å²) in [6.45, 7) is 0.115. The van der Waals surface area contributed by atoms with Crippen molar-refractivity contribution in [3.8, 4) is 6.07 Å². The van der Waals surface area contributed by atoms with Crippen LogP contribution in [0.25, 0.3) is 0 Å². The van der Waals surface area contributed by atoms with E-state index in [9.17, 15) is 4.79 Å². The van der Waals surface area contributed by atoms with Crippen LogP contribution < -0.4 is 0 Å². The molecule has 17 heavy (non-hydrogen) atoms. The summed E-state index contributed by atoms with van der Waals surface area (Å²) in [5.74, 6) is -0.160. The van der Waals surface area contributed by atoms with Crippen molar-refractivity contribution in [2.75, 3.05) is 6.54 Å². The molecule has 1 aromatic rings. The zero-order chi connectivity index (χ0) is 12.4. The SMILES string of the molecule is N#CCN(C(=O)c1ccc(Cl)c(Cl)c1)C1CC1. The summed E-state index contributed by atoms with van der Waals surface area (Å²) in [5, 5.41) is 9.49. The van der Waals surface area contributed by atoms with Gasteiger partial charge in [-0.3, -0.25) is 4.79 Å². The molecule has 1 fully saturated rings. The molecular formula is C12H10Cl2N2O. The lowest BCUT2D eigenvalue weighted by Crippen LogP contribution is -2.33. The van der Waals surface area contributed by atoms with E-state index in [-0.39, 0.29) is 18.5 Å². The number of halogens is 2. The van der Waals surface area contributed by atoms with Gasteiger partial charge in [0.25, 0.3) is 5.91 Å². The van der Waals surface area contributed by atoms with Crippen molar-refractivity contribution in [3.05, 3.63) is 33.8 Å². The molecule has 1 aliphatic carbocycles. The smallest absolute Gasteiger partial charge is 0.255 e. The Kier molecular flexibility index (Phi) is 3.56. The van der Waals surface area contributed by atoms with E-state index in [1.165, 1.54) is 0 Å². The van der Waals surface area contributed by atoms with Crippen molar-refractivity contribution < 1.29 is 4.79 Å². The predicted octanol–water partition coefficient (Wildman–Crippen LogP) is 3.12. The maximum atomic E-state index is 12.2. The molecule has 0 spiro atoms. The molecule has 0 atom stereocenters. The van der Waals surface area contributed by atoms with Crippen LogP contribution in [-0.2, 0) is 0 Å². The quantitative estimate of drug-likeness (QED) is 0.791. The summed E-state index contributed by atoms with van der Waals surface area (Å²) >= 11 is 11.7. The van der Waals surface area contributed by atoms with Crippen LogP contribution >= 0.6 is 23.2 Å². The second-order valence-corrected chi connectivity index (χ2v) is 4.77. The van der Waals surface area contributed by atoms with Gasteiger partial charge in [-0.15, -0.1) is 0 Å². The van der Waals surface area contributed by atoms with Crippen molar-refractivity contribution >= 4 is 29.1 Å². The number of hydrogen-bond donors (Lipinski definition) is 0. The minimum absolute atomic E-state index is 0.115. The van der Waals surface area contributed by atoms with Crippen molar-refractivity contribution in [3.63, 3.8) is 0 Å². The number of carbonyl (C=O) groups excluding carboxylic acids is 1. The lowest BCUT2D eigenvalue weighted by atomic mass is 10.2. The molecule has 1 saturated carbocycles. The Labute approximate surface area is 110 Å². The minimum atomic E-state index is -0.160. The van der Waals surface area contributed by atoms with Gasteiger partial charge in [0.1, 0.15) is 6.54 Å². The van der Waals surface area contributed by atoms with Gasteiger partial charge >= 0.3 is 0 Å². The molecule has 0 radical (unpaired) electrons. The average Bonchev–Trinajstić information content (AvgIpc) is 3.13. The lowest BCUT2D eigenvalue weighted by molar-refractivity contribution is 0.0765. The summed E-state index contributed by atoms with van der Waals surface area (Å²) in [7, 11) is 0. The average molecular weight is 269 g/mol. The summed E-state index contributed by atoms with van der Waals surface area (Å²) in [6.07, 6.45) is 1.93. The number of carbonyl (C=O) groups is 1. The van der Waals surface area contributed by atoms with E-state index in [0.29, 0.717) is 15.6 Å². The Morgan fingerprint density at radius 2 is 2.12 bits per heavy atom. The number of benzene rings is 1. The van der Waals surface area contributed by atoms with Gasteiger partial charge in [-0.1, -0.05) is 23.2 Å². The normalized spacial score (nSPS) is 14.2. The highest BCUT2D eigenvalue weighted by molar-refractivity contribution is 6.42. The lowest BCUT2D eigenvalue weighted by Gasteiger charge is -2.19. The Balaban J connectivity index is 2.22. The molecule has 0 aliphatic heterocycles. The van der Waals surface area contributed by atoms with E-state index in [4.69, 9.17) is 28.5 Å². The molecule has 2 rings (SSSR count). The first-order valence-corrected chi connectivity index (χ1v) is 6.02. The Morgan fingerprint density at radius 1 is 1.41 bits per heavy atom. The zero-order valence-electron chi connectivity index (χ0n) is 8.99. The van der Waals surface area contributed by atoms with Crippen LogP contribution in [0.4, 0.5) is 0 Å². The number of nitriles is 1. The van der Waals surface area contributed by atoms with Gasteiger partial charge in [0.15, 0.2) is 0 Å². The molecule has 1 aliphatic rings. The van der Waals surface area contributed by atoms with Crippen LogP contribution in [0.2, 0.25) is 10.0 Å². The first kappa shape index (κ1) is 12.2. The third kappa shape index (κ3) is 2.71. The predicted molar refractivity (Wildman–Crippen MR) is 66.1 cm³/mol. The van der Waals surface area contributed by atoms with E-state index in [0.717, 1.165) is 12.8 Å². The van der Waals surface area contributed by atoms with E-state index in [1.807, 2.05) is 6.07 Å². The summed E-state index contributed by atoms with van der Waals surface area (Å²) < 4.78 is 0. The number of rotatable bonds is 3. The fourth-order valence-corrected chi connectivity index (χ4v) is 1.92. The maximum Gasteiger partial charge on any atom is 0.255 e. The molecule has 0 unspecified atom stereocenters. The third-order valence-electron chi connectivity index (χ3n) is 2.66. The Bertz CT molecular complexity index is 492. The number of amides is 1. The number of hydrogen-bond acceptors (Lipinski definition) is 2. The monoisotopic (exact) mass is 268 g/mol. The van der Waals surface area contributed by atoms with E-state index < -0.39 is 0 Å². The molecule has 0 aromatic heterocycles. The van der Waals surface area contributed by atoms with E-state index in [1.54, 1.807) is 23.1 Å². The van der Waals surface area contributed by atoms with Gasteiger partial charge in [-0.2, -0.15) is 5.26 Å². The molecule has 0 saturated heterocycles. The van der Waals surface area contributed by atoms with E-state index >= 15 is 0 Å². The number of nitrogens with zero attached hydrogens (tertiary/aromatic N) is 2. The van der Waals surface area contributed by atoms with Crippen molar-refractivity contribution in [2.24, 2.45) is 0 Å². The fraction of sp³-hybridized carbons (Fsp3) is 0.333. The van der Waals surface area contributed by atoms with Crippen LogP contribution in [-0.4, -0.2) is 23.4 Å². The molecule has 5 heteroatoms. The van der Waals surface area contributed by atoms with Gasteiger partial charge in [0, 0.05) is 11.6 Å². The van der Waals surface area contributed by atoms with E-state index in [2.05, 4.69) is 0 Å². The van der Waals surface area contributed by atoms with Crippen molar-refractivity contribution in [2.45, 2.75) is 18.9 Å². The molecular weight excluding hydrogens is 259 g/mol. The molecule has 0 bridgehead atoms. The molecule has 1 amide bonds. The third-order valence-corrected chi connectivity index (χ3v) is 3.40. The summed E-state index contributed by atoms with van der Waals surface area (Å²) in [6, 6.07) is 6.98. The van der Waals surface area contributed by atoms with Crippen molar-refractivity contribution in [1.82, 2.24) is 4.90 Å². The molecule has 0 heterocycles. The van der Waals surface area contributed by atoms with Crippen LogP contribution in [0.15, 0.2) is 18.2 Å². The van der Waals surface area contributed by atoms with Crippen LogP contribution in [0.5, 0.6) is 0 Å². The standard InChI is InChI=1S/C12H10Cl2N2O/c13-10-4-1-8(7-11(10)14)12(17)16(6-5-15)9-2-3-9/h1,4,7,9H,2-3,6H2. The topological polar surface area (TPSA) is 44.1 Å². The molecule has 88 valence electrons. The first-order valence-electron chi connectivity index (χ1n) is 5.26. The molecule has 0 N–H and O–H groups in total. The van der Waals surface area contributed by atoms with Gasteiger partial charge in [0.05, 0.1) is 16.1 Å². The highest BCUT2D eigenvalue weighted by Crippen LogP contribution is 2.29. The van der Waals surface area contributed by atoms with Crippen LogP contribution in [0.3, 0.4) is 0 Å². The van der Waals surface area contributed by atoms with Gasteiger partial charge in [-0.25, -0.2) is 0 Å². The Morgan fingerprint density at radius 3 is 2.65 bits per heavy atom. The highest BCUT2D eigenvalue weighted by Gasteiger charge is 2.32. The van der Waals surface area contributed by atoms with Crippen LogP contribution in [0.1, 0.15) is 23.2 Å². The zero-order valence-corrected chi connectivity index (χ0v) is 10.5. The van der Waals surface area contributed by atoms with Gasteiger partial charge < -0.3 is 4.90 Å². The second kappa shape index (κ2) is 4.95. The molecule has 3 nitrogen and oxygen atoms in total. The summed E-state index contributed by atoms with van der Waals surface area (Å²) in [4.78, 5) is 13.7. The maximum absolute atomic E-state index is 12.2. The minimum Gasteiger partial charge on any atom is -0.322 e.